The van der Waals surface area contributed by atoms with Crippen molar-refractivity contribution in [3.63, 3.8) is 0 Å². The van der Waals surface area contributed by atoms with Gasteiger partial charge in [0.05, 0.1) is 11.7 Å². The molecule has 0 radical (unpaired) electrons. The number of hydrogen-bond donors (Lipinski definition) is 0. The molecule has 3 nitrogen and oxygen atoms in total. The molecule has 2 atom stereocenters. The van der Waals surface area contributed by atoms with Crippen LogP contribution in [0.15, 0.2) is 168 Å². The van der Waals surface area contributed by atoms with E-state index >= 15 is 0 Å². The number of para-hydroxylation sites is 2. The highest BCUT2D eigenvalue weighted by atomic mass is 16.3. The van der Waals surface area contributed by atoms with Crippen molar-refractivity contribution in [1.29, 1.82) is 0 Å². The van der Waals surface area contributed by atoms with Crippen LogP contribution in [0.5, 0.6) is 0 Å². The third-order valence-electron chi connectivity index (χ3n) is 10.4. The monoisotopic (exact) mass is 648 g/mol. The average Bonchev–Trinajstić information content (AvgIpc) is 3.56. The molecule has 3 aliphatic rings. The zero-order valence-corrected chi connectivity index (χ0v) is 28.4. The summed E-state index contributed by atoms with van der Waals surface area (Å²) in [6.45, 7) is 2.36. The van der Waals surface area contributed by atoms with Crippen molar-refractivity contribution in [2.45, 2.75) is 38.6 Å². The van der Waals surface area contributed by atoms with Gasteiger partial charge in [0.2, 0.25) is 0 Å². The molecule has 50 heavy (non-hydrogen) atoms. The molecule has 0 amide bonds. The Balaban J connectivity index is 1.30. The number of fused-ring (bicyclic) bond motifs is 5. The van der Waals surface area contributed by atoms with Gasteiger partial charge in [-0.3, -0.25) is 0 Å². The van der Waals surface area contributed by atoms with E-state index in [9.17, 15) is 0 Å². The Bertz CT molecular complexity index is 2460. The lowest BCUT2D eigenvalue weighted by Gasteiger charge is -2.33. The van der Waals surface area contributed by atoms with Gasteiger partial charge in [-0.15, -0.1) is 0 Å². The first-order valence-electron chi connectivity index (χ1n) is 17.9. The summed E-state index contributed by atoms with van der Waals surface area (Å²) in [5, 5.41) is 4.74. The Hall–Kier alpha value is -5.80. The second-order valence-corrected chi connectivity index (χ2v) is 13.6. The molecular weight excluding hydrogens is 609 g/mol. The first kappa shape index (κ1) is 30.3. The third kappa shape index (κ3) is 5.31. The fourth-order valence-corrected chi connectivity index (χ4v) is 8.12. The molecule has 0 saturated heterocycles. The number of benzene rings is 5. The molecule has 0 bridgehead atoms. The number of rotatable bonds is 7. The van der Waals surface area contributed by atoms with E-state index in [2.05, 4.69) is 181 Å². The van der Waals surface area contributed by atoms with Crippen molar-refractivity contribution in [3.8, 4) is 0 Å². The lowest BCUT2D eigenvalue weighted by Crippen LogP contribution is -2.31. The van der Waals surface area contributed by atoms with E-state index in [1.54, 1.807) is 0 Å². The van der Waals surface area contributed by atoms with Crippen LogP contribution in [0.1, 0.15) is 38.2 Å². The molecule has 5 aromatic carbocycles. The summed E-state index contributed by atoms with van der Waals surface area (Å²) >= 11 is 0. The average molecular weight is 649 g/mol. The van der Waals surface area contributed by atoms with Crippen molar-refractivity contribution in [2.75, 3.05) is 9.80 Å². The molecule has 2 unspecified atom stereocenters. The quantitative estimate of drug-likeness (QED) is 0.172. The number of furan rings is 1. The second kappa shape index (κ2) is 12.9. The van der Waals surface area contributed by atoms with Crippen LogP contribution in [-0.2, 0) is 0 Å². The van der Waals surface area contributed by atoms with Crippen LogP contribution < -0.4 is 20.4 Å². The Kier molecular flexibility index (Phi) is 7.82. The molecule has 9 rings (SSSR count). The molecule has 0 aliphatic heterocycles. The third-order valence-corrected chi connectivity index (χ3v) is 10.4. The summed E-state index contributed by atoms with van der Waals surface area (Å²) in [6.07, 6.45) is 21.9. The SMILES string of the molecule is CC1CC=c2oc3c(cc(N(c4ccccc4)C4C=CC=CC4)c4ccccc43)c2=C1c1cccc(N(C2=CC=CCC2)c2ccccc2)c1. The summed E-state index contributed by atoms with van der Waals surface area (Å²) < 4.78 is 6.88. The van der Waals surface area contributed by atoms with Gasteiger partial charge < -0.3 is 14.2 Å². The molecule has 6 aromatic rings. The van der Waals surface area contributed by atoms with Crippen LogP contribution in [0.25, 0.3) is 33.4 Å². The van der Waals surface area contributed by atoms with E-state index in [4.69, 9.17) is 4.42 Å². The number of hydrogen-bond acceptors (Lipinski definition) is 3. The normalized spacial score (nSPS) is 18.2. The molecular formula is C47H40N2O. The largest absolute Gasteiger partial charge is 0.456 e. The van der Waals surface area contributed by atoms with Crippen molar-refractivity contribution in [2.24, 2.45) is 5.92 Å². The van der Waals surface area contributed by atoms with E-state index in [0.29, 0.717) is 5.92 Å². The number of anilines is 4. The zero-order valence-electron chi connectivity index (χ0n) is 28.4. The van der Waals surface area contributed by atoms with Crippen molar-refractivity contribution < 1.29 is 4.42 Å². The topological polar surface area (TPSA) is 19.6 Å². The maximum Gasteiger partial charge on any atom is 0.143 e. The molecule has 0 N–H and O–H groups in total. The molecule has 3 heteroatoms. The molecule has 0 saturated carbocycles. The fourth-order valence-electron chi connectivity index (χ4n) is 8.12. The summed E-state index contributed by atoms with van der Waals surface area (Å²) in [5.74, 6) is 0.326. The Labute approximate surface area is 293 Å². The molecule has 244 valence electrons. The van der Waals surface area contributed by atoms with Crippen molar-refractivity contribution in [3.05, 3.63) is 180 Å². The second-order valence-electron chi connectivity index (χ2n) is 13.6. The van der Waals surface area contributed by atoms with Gasteiger partial charge in [-0.2, -0.15) is 0 Å². The fraction of sp³-hybridized carbons (Fsp3) is 0.149. The summed E-state index contributed by atoms with van der Waals surface area (Å²) in [6, 6.07) is 42.1. The Morgan fingerprint density at radius 1 is 0.660 bits per heavy atom. The zero-order chi connectivity index (χ0) is 33.4. The van der Waals surface area contributed by atoms with Gasteiger partial charge in [-0.1, -0.05) is 116 Å². The first-order chi connectivity index (χ1) is 24.7. The molecule has 1 aromatic heterocycles. The lowest BCUT2D eigenvalue weighted by molar-refractivity contribution is 0.568. The minimum absolute atomic E-state index is 0.199. The summed E-state index contributed by atoms with van der Waals surface area (Å²) in [7, 11) is 0. The van der Waals surface area contributed by atoms with E-state index in [1.807, 2.05) is 0 Å². The van der Waals surface area contributed by atoms with E-state index < -0.39 is 0 Å². The smallest absolute Gasteiger partial charge is 0.143 e. The van der Waals surface area contributed by atoms with Gasteiger partial charge in [0.1, 0.15) is 11.0 Å². The first-order valence-corrected chi connectivity index (χ1v) is 17.9. The predicted octanol–water partition coefficient (Wildman–Crippen LogP) is 11.0. The predicted molar refractivity (Wildman–Crippen MR) is 210 cm³/mol. The highest BCUT2D eigenvalue weighted by Crippen LogP contribution is 2.41. The number of allylic oxidation sites excluding steroid dienone is 6. The Morgan fingerprint density at radius 2 is 1.42 bits per heavy atom. The minimum Gasteiger partial charge on any atom is -0.456 e. The van der Waals surface area contributed by atoms with Gasteiger partial charge in [0.15, 0.2) is 0 Å². The van der Waals surface area contributed by atoms with Crippen LogP contribution in [0.2, 0.25) is 0 Å². The van der Waals surface area contributed by atoms with Gasteiger partial charge in [-0.25, -0.2) is 0 Å². The number of nitrogens with zero attached hydrogens (tertiary/aromatic N) is 2. The summed E-state index contributed by atoms with van der Waals surface area (Å²) in [5.41, 5.74) is 10.6. The van der Waals surface area contributed by atoms with E-state index in [0.717, 1.165) is 42.1 Å². The van der Waals surface area contributed by atoms with Crippen LogP contribution >= 0.6 is 0 Å². The minimum atomic E-state index is 0.199. The van der Waals surface area contributed by atoms with Crippen molar-refractivity contribution >= 4 is 56.1 Å². The van der Waals surface area contributed by atoms with Crippen LogP contribution in [0.3, 0.4) is 0 Å². The van der Waals surface area contributed by atoms with Gasteiger partial charge in [0.25, 0.3) is 0 Å². The Morgan fingerprint density at radius 3 is 2.18 bits per heavy atom. The van der Waals surface area contributed by atoms with Gasteiger partial charge >= 0.3 is 0 Å². The molecule has 1 heterocycles. The maximum atomic E-state index is 6.88. The van der Waals surface area contributed by atoms with Gasteiger partial charge in [-0.05, 0) is 97.4 Å². The lowest BCUT2D eigenvalue weighted by atomic mass is 9.86. The van der Waals surface area contributed by atoms with Crippen LogP contribution in [-0.4, -0.2) is 6.04 Å². The molecule has 3 aliphatic carbocycles. The van der Waals surface area contributed by atoms with E-state index in [-0.39, 0.29) is 6.04 Å². The summed E-state index contributed by atoms with van der Waals surface area (Å²) in [4.78, 5) is 4.94. The highest BCUT2D eigenvalue weighted by molar-refractivity contribution is 6.12. The van der Waals surface area contributed by atoms with Crippen molar-refractivity contribution in [1.82, 2.24) is 0 Å². The van der Waals surface area contributed by atoms with Crippen LogP contribution in [0, 0.1) is 5.92 Å². The maximum absolute atomic E-state index is 6.88. The standard InChI is InChI=1S/C47H40N2O/c1-33-29-30-44-46(45(33)34-17-16-26-39(31-34)48(35-18-6-2-7-19-35)36-20-8-3-9-21-36)42-32-43(40-27-14-15-28-41(40)47(42)50-44)49(37-22-10-4-11-23-37)38-24-12-5-13-25-38/h2-8,10-20,22-24,26-28,30-33,38H,9,21,25,29H2,1H3. The molecule has 0 spiro atoms. The van der Waals surface area contributed by atoms with Gasteiger partial charge in [0, 0.05) is 44.1 Å². The van der Waals surface area contributed by atoms with E-state index in [1.165, 1.54) is 55.6 Å². The van der Waals surface area contributed by atoms with Crippen LogP contribution in [0.4, 0.5) is 22.7 Å². The highest BCUT2D eigenvalue weighted by Gasteiger charge is 2.26. The molecule has 0 fully saturated rings.